The third-order valence-electron chi connectivity index (χ3n) is 7.53. The number of H-pyrrole nitrogens is 1. The van der Waals surface area contributed by atoms with Crippen LogP contribution in [-0.2, 0) is 16.8 Å². The number of rotatable bonds is 8. The third kappa shape index (κ3) is 5.74. The van der Waals surface area contributed by atoms with E-state index in [4.69, 9.17) is 9.47 Å². The van der Waals surface area contributed by atoms with Gasteiger partial charge in [-0.3, -0.25) is 9.69 Å². The first kappa shape index (κ1) is 27.0. The fourth-order valence-corrected chi connectivity index (χ4v) is 5.31. The number of aromatic amines is 1. The zero-order chi connectivity index (χ0) is 27.7. The first-order chi connectivity index (χ1) is 18.6. The van der Waals surface area contributed by atoms with E-state index >= 15 is 0 Å². The van der Waals surface area contributed by atoms with Gasteiger partial charge >= 0.3 is 0 Å². The third-order valence-corrected chi connectivity index (χ3v) is 7.53. The van der Waals surface area contributed by atoms with E-state index in [1.165, 1.54) is 5.56 Å². The van der Waals surface area contributed by atoms with E-state index in [2.05, 4.69) is 78.2 Å². The van der Waals surface area contributed by atoms with Gasteiger partial charge in [0, 0.05) is 30.8 Å². The summed E-state index contributed by atoms with van der Waals surface area (Å²) in [6, 6.07) is 13.7. The van der Waals surface area contributed by atoms with Crippen molar-refractivity contribution < 1.29 is 9.47 Å². The zero-order valence-electron chi connectivity index (χ0n) is 23.7. The lowest BCUT2D eigenvalue weighted by molar-refractivity contribution is 0.0564. The Morgan fingerprint density at radius 2 is 1.90 bits per heavy atom. The van der Waals surface area contributed by atoms with Crippen molar-refractivity contribution in [2.75, 3.05) is 20.3 Å². The monoisotopic (exact) mass is 530 g/mol. The minimum atomic E-state index is -0.500. The maximum Gasteiger partial charge on any atom is 0.253 e. The van der Waals surface area contributed by atoms with E-state index in [1.54, 1.807) is 7.11 Å². The molecule has 0 radical (unpaired) electrons. The molecular formula is C30H38N6O3. The lowest BCUT2D eigenvalue weighted by Crippen LogP contribution is -2.40. The van der Waals surface area contributed by atoms with Gasteiger partial charge in [-0.15, -0.1) is 5.10 Å². The molecule has 0 spiro atoms. The van der Waals surface area contributed by atoms with Gasteiger partial charge in [-0.1, -0.05) is 12.1 Å². The topological polar surface area (TPSA) is 98.2 Å². The quantitative estimate of drug-likeness (QED) is 0.354. The maximum absolute atomic E-state index is 13.8. The summed E-state index contributed by atoms with van der Waals surface area (Å²) in [7, 11) is 1.66. The van der Waals surface area contributed by atoms with Gasteiger partial charge in [-0.2, -0.15) is 0 Å². The molecule has 1 aliphatic rings. The molecule has 2 aromatic carbocycles. The highest BCUT2D eigenvalue weighted by molar-refractivity contribution is 5.81. The van der Waals surface area contributed by atoms with Gasteiger partial charge in [0.15, 0.2) is 5.82 Å². The highest BCUT2D eigenvalue weighted by atomic mass is 16.5. The summed E-state index contributed by atoms with van der Waals surface area (Å²) in [4.78, 5) is 19.2. The van der Waals surface area contributed by atoms with Crippen molar-refractivity contribution in [2.45, 2.75) is 71.7 Å². The highest BCUT2D eigenvalue weighted by Crippen LogP contribution is 2.32. The van der Waals surface area contributed by atoms with Crippen LogP contribution in [0.2, 0.25) is 0 Å². The van der Waals surface area contributed by atoms with E-state index in [1.807, 2.05) is 28.9 Å². The summed E-state index contributed by atoms with van der Waals surface area (Å²) in [6.45, 7) is 12.3. The SMILES string of the molecule is COc1ccc(CN(CC2CCCO2)C(c2cc3cc(C)c(C)cc3[nH]c2=O)c2nnnn2C(C)(C)C)cc1. The number of ether oxygens (including phenoxy) is 2. The minimum Gasteiger partial charge on any atom is -0.497 e. The summed E-state index contributed by atoms with van der Waals surface area (Å²) in [5.74, 6) is 1.43. The van der Waals surface area contributed by atoms with Crippen LogP contribution in [0.25, 0.3) is 10.9 Å². The largest absolute Gasteiger partial charge is 0.497 e. The standard InChI is InChI=1S/C30H38N6O3/c1-19-14-22-16-25(29(37)31-26(22)15-20(19)2)27(28-32-33-34-36(28)30(3,4)5)35(18-24-8-7-13-39-24)17-21-9-11-23(38-6)12-10-21/h9-12,14-16,24,27H,7-8,13,17-18H2,1-6H3,(H,31,37). The molecule has 206 valence electrons. The number of hydrogen-bond acceptors (Lipinski definition) is 7. The molecule has 2 aromatic heterocycles. The first-order valence-corrected chi connectivity index (χ1v) is 13.6. The van der Waals surface area contributed by atoms with Gasteiger partial charge in [0.1, 0.15) is 11.8 Å². The van der Waals surface area contributed by atoms with Crippen LogP contribution >= 0.6 is 0 Å². The summed E-state index contributed by atoms with van der Waals surface area (Å²) in [5, 5.41) is 13.9. The fraction of sp³-hybridized carbons (Fsp3) is 0.467. The van der Waals surface area contributed by atoms with Crippen LogP contribution in [0.15, 0.2) is 47.3 Å². The number of methoxy groups -OCH3 is 1. The number of hydrogen-bond donors (Lipinski definition) is 1. The molecule has 0 bridgehead atoms. The summed E-state index contributed by atoms with van der Waals surface area (Å²) in [5.41, 5.74) is 4.30. The Morgan fingerprint density at radius 3 is 2.56 bits per heavy atom. The average molecular weight is 531 g/mol. The average Bonchev–Trinajstić information content (AvgIpc) is 3.59. The van der Waals surface area contributed by atoms with Crippen molar-refractivity contribution in [3.8, 4) is 5.75 Å². The second kappa shape index (κ2) is 10.9. The molecule has 1 fully saturated rings. The van der Waals surface area contributed by atoms with E-state index in [9.17, 15) is 4.79 Å². The Hall–Kier alpha value is -3.56. The Kier molecular flexibility index (Phi) is 7.55. The molecule has 2 atom stereocenters. The van der Waals surface area contributed by atoms with Crippen LogP contribution in [0.1, 0.15) is 67.7 Å². The molecule has 2 unspecified atom stereocenters. The van der Waals surface area contributed by atoms with Gasteiger partial charge in [0.2, 0.25) is 0 Å². The second-order valence-corrected chi connectivity index (χ2v) is 11.5. The summed E-state index contributed by atoms with van der Waals surface area (Å²) in [6.07, 6.45) is 2.07. The molecule has 0 saturated carbocycles. The van der Waals surface area contributed by atoms with Crippen LogP contribution in [-0.4, -0.2) is 56.5 Å². The van der Waals surface area contributed by atoms with Crippen molar-refractivity contribution in [2.24, 2.45) is 0 Å². The lowest BCUT2D eigenvalue weighted by atomic mass is 9.99. The Balaban J connectivity index is 1.69. The van der Waals surface area contributed by atoms with Crippen molar-refractivity contribution in [1.82, 2.24) is 30.1 Å². The smallest absolute Gasteiger partial charge is 0.253 e. The van der Waals surface area contributed by atoms with Gasteiger partial charge in [-0.05, 0) is 110 Å². The van der Waals surface area contributed by atoms with Crippen molar-refractivity contribution in [3.63, 3.8) is 0 Å². The lowest BCUT2D eigenvalue weighted by Gasteiger charge is -2.34. The number of aromatic nitrogens is 5. The maximum atomic E-state index is 13.8. The number of aryl methyl sites for hydroxylation is 2. The highest BCUT2D eigenvalue weighted by Gasteiger charge is 2.35. The molecule has 4 aromatic rings. The van der Waals surface area contributed by atoms with Crippen molar-refractivity contribution >= 4 is 10.9 Å². The predicted molar refractivity (Wildman–Crippen MR) is 151 cm³/mol. The molecule has 9 nitrogen and oxygen atoms in total. The molecule has 1 saturated heterocycles. The zero-order valence-corrected chi connectivity index (χ0v) is 23.7. The Bertz CT molecular complexity index is 1500. The summed E-state index contributed by atoms with van der Waals surface area (Å²) < 4.78 is 13.3. The van der Waals surface area contributed by atoms with Gasteiger partial charge in [0.25, 0.3) is 5.56 Å². The second-order valence-electron chi connectivity index (χ2n) is 11.5. The number of tetrazole rings is 1. The molecule has 0 aliphatic carbocycles. The van der Waals surface area contributed by atoms with Gasteiger partial charge in [0.05, 0.1) is 18.8 Å². The molecule has 5 rings (SSSR count). The van der Waals surface area contributed by atoms with Crippen LogP contribution in [0.4, 0.5) is 0 Å². The van der Waals surface area contributed by atoms with E-state index in [0.717, 1.165) is 47.2 Å². The Morgan fingerprint density at radius 1 is 1.15 bits per heavy atom. The molecule has 1 N–H and O–H groups in total. The fourth-order valence-electron chi connectivity index (χ4n) is 5.31. The first-order valence-electron chi connectivity index (χ1n) is 13.6. The minimum absolute atomic E-state index is 0.0640. The normalized spacial score (nSPS) is 16.7. The van der Waals surface area contributed by atoms with Gasteiger partial charge in [-0.25, -0.2) is 4.68 Å². The van der Waals surface area contributed by atoms with Crippen LogP contribution < -0.4 is 10.3 Å². The number of pyridine rings is 1. The number of nitrogens with one attached hydrogen (secondary N) is 1. The molecule has 3 heterocycles. The van der Waals surface area contributed by atoms with Crippen LogP contribution in [0, 0.1) is 13.8 Å². The molecule has 1 aliphatic heterocycles. The van der Waals surface area contributed by atoms with E-state index < -0.39 is 6.04 Å². The van der Waals surface area contributed by atoms with Crippen molar-refractivity contribution in [1.29, 1.82) is 0 Å². The Labute approximate surface area is 229 Å². The number of nitrogens with zero attached hydrogens (tertiary/aromatic N) is 5. The van der Waals surface area contributed by atoms with Crippen LogP contribution in [0.3, 0.4) is 0 Å². The molecule has 9 heteroatoms. The molecular weight excluding hydrogens is 492 g/mol. The van der Waals surface area contributed by atoms with Gasteiger partial charge < -0.3 is 14.5 Å². The van der Waals surface area contributed by atoms with Crippen LogP contribution in [0.5, 0.6) is 5.75 Å². The summed E-state index contributed by atoms with van der Waals surface area (Å²) >= 11 is 0. The van der Waals surface area contributed by atoms with E-state index in [0.29, 0.717) is 24.5 Å². The number of fused-ring (bicyclic) bond motifs is 1. The molecule has 39 heavy (non-hydrogen) atoms. The van der Waals surface area contributed by atoms with E-state index in [-0.39, 0.29) is 17.2 Å². The molecule has 0 amide bonds. The predicted octanol–water partition coefficient (Wildman–Crippen LogP) is 4.67. The van der Waals surface area contributed by atoms with Crippen molar-refractivity contribution in [3.05, 3.63) is 80.9 Å². The number of benzene rings is 2.